The highest BCUT2D eigenvalue weighted by atomic mass is 32.1. The zero-order valence-electron chi connectivity index (χ0n) is 12.5. The lowest BCUT2D eigenvalue weighted by atomic mass is 10.1. The number of rotatable bonds is 3. The predicted octanol–water partition coefficient (Wildman–Crippen LogP) is 2.45. The van der Waals surface area contributed by atoms with Crippen LogP contribution in [0.25, 0.3) is 11.4 Å². The summed E-state index contributed by atoms with van der Waals surface area (Å²) in [6.07, 6.45) is 2.61. The van der Waals surface area contributed by atoms with E-state index < -0.39 is 0 Å². The molecular formula is C17H16N4OS. The number of hydrogen-bond donors (Lipinski definition) is 1. The van der Waals surface area contributed by atoms with Crippen molar-refractivity contribution >= 4 is 11.3 Å². The van der Waals surface area contributed by atoms with Gasteiger partial charge in [0.05, 0.1) is 17.8 Å². The first-order valence-corrected chi connectivity index (χ1v) is 8.46. The highest BCUT2D eigenvalue weighted by molar-refractivity contribution is 7.09. The average molecular weight is 324 g/mol. The van der Waals surface area contributed by atoms with Crippen molar-refractivity contribution in [2.45, 2.75) is 19.5 Å². The van der Waals surface area contributed by atoms with E-state index >= 15 is 0 Å². The number of hydrogen-bond acceptors (Lipinski definition) is 5. The minimum Gasteiger partial charge on any atom is -0.306 e. The third-order valence-electron chi connectivity index (χ3n) is 4.04. The van der Waals surface area contributed by atoms with E-state index in [0.29, 0.717) is 12.4 Å². The smallest absolute Gasteiger partial charge is 0.255 e. The highest BCUT2D eigenvalue weighted by Crippen LogP contribution is 2.20. The maximum atomic E-state index is 12.5. The Kier molecular flexibility index (Phi) is 3.77. The fourth-order valence-electron chi connectivity index (χ4n) is 2.87. The number of H-pyrrole nitrogens is 1. The molecule has 0 amide bonds. The van der Waals surface area contributed by atoms with Gasteiger partial charge >= 0.3 is 0 Å². The Balaban J connectivity index is 1.62. The fraction of sp³-hybridized carbons (Fsp3) is 0.235. The lowest BCUT2D eigenvalue weighted by Crippen LogP contribution is -2.35. The first kappa shape index (κ1) is 14.3. The van der Waals surface area contributed by atoms with Crippen LogP contribution in [0.1, 0.15) is 16.3 Å². The third kappa shape index (κ3) is 2.95. The molecule has 0 atom stereocenters. The number of aromatic nitrogens is 3. The molecule has 0 aliphatic carbocycles. The summed E-state index contributed by atoms with van der Waals surface area (Å²) in [6, 6.07) is 9.77. The van der Waals surface area contributed by atoms with Crippen LogP contribution in [-0.4, -0.2) is 26.4 Å². The molecule has 116 valence electrons. The zero-order chi connectivity index (χ0) is 15.6. The van der Waals surface area contributed by atoms with Crippen LogP contribution in [0.5, 0.6) is 0 Å². The summed E-state index contributed by atoms with van der Waals surface area (Å²) in [4.78, 5) is 26.6. The molecule has 23 heavy (non-hydrogen) atoms. The summed E-state index contributed by atoms with van der Waals surface area (Å²) in [7, 11) is 0. The van der Waals surface area contributed by atoms with Gasteiger partial charge in [0.25, 0.3) is 5.56 Å². The number of nitrogens with one attached hydrogen (secondary N) is 1. The number of nitrogens with zero attached hydrogens (tertiary/aromatic N) is 3. The van der Waals surface area contributed by atoms with Crippen LogP contribution in [0.3, 0.4) is 0 Å². The van der Waals surface area contributed by atoms with Gasteiger partial charge in [-0.1, -0.05) is 30.3 Å². The van der Waals surface area contributed by atoms with Crippen molar-refractivity contribution in [2.75, 3.05) is 6.54 Å². The van der Waals surface area contributed by atoms with Crippen LogP contribution in [0.2, 0.25) is 0 Å². The van der Waals surface area contributed by atoms with Gasteiger partial charge in [0, 0.05) is 36.7 Å². The largest absolute Gasteiger partial charge is 0.306 e. The van der Waals surface area contributed by atoms with Gasteiger partial charge in [0.2, 0.25) is 0 Å². The van der Waals surface area contributed by atoms with E-state index in [0.717, 1.165) is 41.3 Å². The van der Waals surface area contributed by atoms with Gasteiger partial charge in [-0.2, -0.15) is 0 Å². The molecule has 6 heteroatoms. The summed E-state index contributed by atoms with van der Waals surface area (Å²) in [5.74, 6) is 0.655. The first-order chi connectivity index (χ1) is 11.3. The van der Waals surface area contributed by atoms with Gasteiger partial charge in [-0.15, -0.1) is 11.3 Å². The SMILES string of the molecule is O=c1[nH]c(-c2ccccc2)nc2c1CN(Cc1nccs1)CC2. The van der Waals surface area contributed by atoms with E-state index in [1.807, 2.05) is 41.9 Å². The van der Waals surface area contributed by atoms with Gasteiger partial charge in [-0.3, -0.25) is 9.69 Å². The Morgan fingerprint density at radius 2 is 2.13 bits per heavy atom. The highest BCUT2D eigenvalue weighted by Gasteiger charge is 2.22. The van der Waals surface area contributed by atoms with Crippen LogP contribution < -0.4 is 5.56 Å². The summed E-state index contributed by atoms with van der Waals surface area (Å²) in [6.45, 7) is 2.32. The molecule has 1 aliphatic rings. The molecule has 1 aromatic carbocycles. The van der Waals surface area contributed by atoms with E-state index in [1.165, 1.54) is 0 Å². The number of aromatic amines is 1. The summed E-state index contributed by atoms with van der Waals surface area (Å²) in [5, 5.41) is 3.06. The molecule has 1 N–H and O–H groups in total. The second-order valence-electron chi connectivity index (χ2n) is 5.59. The minimum atomic E-state index is -0.0299. The molecule has 0 saturated heterocycles. The van der Waals surface area contributed by atoms with Crippen LogP contribution in [0.4, 0.5) is 0 Å². The molecule has 0 saturated carbocycles. The first-order valence-electron chi connectivity index (χ1n) is 7.58. The standard InChI is InChI=1S/C17H16N4OS/c22-17-13-10-21(11-15-18-7-9-23-15)8-6-14(13)19-16(20-17)12-4-2-1-3-5-12/h1-5,7,9H,6,8,10-11H2,(H,19,20,22). The molecule has 3 aromatic rings. The fourth-order valence-corrected chi connectivity index (χ4v) is 3.53. The van der Waals surface area contributed by atoms with Crippen molar-refractivity contribution in [2.24, 2.45) is 0 Å². The molecule has 4 rings (SSSR count). The maximum absolute atomic E-state index is 12.5. The quantitative estimate of drug-likeness (QED) is 0.804. The van der Waals surface area contributed by atoms with Crippen LogP contribution in [-0.2, 0) is 19.5 Å². The Bertz CT molecular complexity index is 858. The molecule has 0 radical (unpaired) electrons. The molecule has 0 spiro atoms. The molecule has 0 bridgehead atoms. The van der Waals surface area contributed by atoms with Crippen molar-refractivity contribution in [1.29, 1.82) is 0 Å². The van der Waals surface area contributed by atoms with Gasteiger partial charge < -0.3 is 4.98 Å². The van der Waals surface area contributed by atoms with Crippen LogP contribution in [0, 0.1) is 0 Å². The van der Waals surface area contributed by atoms with E-state index in [-0.39, 0.29) is 5.56 Å². The van der Waals surface area contributed by atoms with Gasteiger partial charge in [-0.05, 0) is 0 Å². The number of benzene rings is 1. The zero-order valence-corrected chi connectivity index (χ0v) is 13.3. The molecule has 3 heterocycles. The van der Waals surface area contributed by atoms with Crippen molar-refractivity contribution in [3.8, 4) is 11.4 Å². The maximum Gasteiger partial charge on any atom is 0.255 e. The van der Waals surface area contributed by atoms with Crippen molar-refractivity contribution in [3.05, 3.63) is 68.5 Å². The molecule has 0 fully saturated rings. The third-order valence-corrected chi connectivity index (χ3v) is 4.80. The second kappa shape index (κ2) is 6.06. The van der Waals surface area contributed by atoms with Crippen molar-refractivity contribution in [1.82, 2.24) is 19.9 Å². The second-order valence-corrected chi connectivity index (χ2v) is 6.57. The summed E-state index contributed by atoms with van der Waals surface area (Å²) >= 11 is 1.65. The molecule has 5 nitrogen and oxygen atoms in total. The van der Waals surface area contributed by atoms with Gasteiger partial charge in [0.15, 0.2) is 0 Å². The molecule has 1 aliphatic heterocycles. The predicted molar refractivity (Wildman–Crippen MR) is 90.2 cm³/mol. The van der Waals surface area contributed by atoms with Crippen molar-refractivity contribution < 1.29 is 0 Å². The van der Waals surface area contributed by atoms with Crippen LogP contribution >= 0.6 is 11.3 Å². The van der Waals surface area contributed by atoms with Gasteiger partial charge in [-0.25, -0.2) is 9.97 Å². The minimum absolute atomic E-state index is 0.0299. The van der Waals surface area contributed by atoms with E-state index in [1.54, 1.807) is 11.3 Å². The monoisotopic (exact) mass is 324 g/mol. The number of thiazole rings is 1. The van der Waals surface area contributed by atoms with E-state index in [9.17, 15) is 4.79 Å². The molecule has 2 aromatic heterocycles. The molecule has 0 unspecified atom stereocenters. The Hall–Kier alpha value is -2.31. The topological polar surface area (TPSA) is 61.9 Å². The van der Waals surface area contributed by atoms with E-state index in [4.69, 9.17) is 0 Å². The Labute approximate surface area is 137 Å². The summed E-state index contributed by atoms with van der Waals surface area (Å²) in [5.41, 5.74) is 2.62. The lowest BCUT2D eigenvalue weighted by molar-refractivity contribution is 0.241. The Morgan fingerprint density at radius 3 is 2.91 bits per heavy atom. The average Bonchev–Trinajstić information content (AvgIpc) is 3.09. The van der Waals surface area contributed by atoms with Gasteiger partial charge in [0.1, 0.15) is 10.8 Å². The Morgan fingerprint density at radius 1 is 1.26 bits per heavy atom. The summed E-state index contributed by atoms with van der Waals surface area (Å²) < 4.78 is 0. The number of fused-ring (bicyclic) bond motifs is 1. The van der Waals surface area contributed by atoms with Crippen LogP contribution in [0.15, 0.2) is 46.7 Å². The molecular weight excluding hydrogens is 308 g/mol. The van der Waals surface area contributed by atoms with E-state index in [2.05, 4.69) is 19.9 Å². The van der Waals surface area contributed by atoms with Crippen molar-refractivity contribution in [3.63, 3.8) is 0 Å². The normalized spacial score (nSPS) is 14.6. The lowest BCUT2D eigenvalue weighted by Gasteiger charge is -2.26.